The molecule has 3 N–H and O–H groups in total. The van der Waals surface area contributed by atoms with Crippen LogP contribution in [-0.2, 0) is 20.8 Å². The summed E-state index contributed by atoms with van der Waals surface area (Å²) >= 11 is 0. The Hall–Kier alpha value is -3.41. The van der Waals surface area contributed by atoms with Gasteiger partial charge in [0, 0.05) is 12.1 Å². The molecule has 3 rings (SSSR count). The van der Waals surface area contributed by atoms with Crippen LogP contribution in [0, 0.1) is 0 Å². The maximum Gasteiger partial charge on any atom is 0.247 e. The fourth-order valence-electron chi connectivity index (χ4n) is 3.34. The van der Waals surface area contributed by atoms with Crippen LogP contribution < -0.4 is 16.0 Å². The summed E-state index contributed by atoms with van der Waals surface area (Å²) in [5, 5.41) is 8.74. The highest BCUT2D eigenvalue weighted by Gasteiger charge is 2.30. The molecule has 28 heavy (non-hydrogen) atoms. The smallest absolute Gasteiger partial charge is 0.247 e. The molecule has 6 heteroatoms. The van der Waals surface area contributed by atoms with Gasteiger partial charge in [-0.15, -0.1) is 0 Å². The molecule has 0 aromatic heterocycles. The summed E-state index contributed by atoms with van der Waals surface area (Å²) in [4.78, 5) is 36.2. The standard InChI is InChI=1S/C22H23N3O3/c1-2-19(26)23-17-11-7-6-10-16(17)14-21(28)24-18-12-13-20(27)25-22(18)15-8-4-3-5-9-15/h2-11,18,22H,1,12-14H2,(H,23,26)(H,24,28)(H,25,27)/t18-,22+/m1/s1. The van der Waals surface area contributed by atoms with Crippen LogP contribution in [0.1, 0.15) is 30.0 Å². The van der Waals surface area contributed by atoms with Gasteiger partial charge in [-0.05, 0) is 29.7 Å². The maximum atomic E-state index is 12.7. The number of para-hydroxylation sites is 1. The normalized spacial score (nSPS) is 18.6. The number of carbonyl (C=O) groups is 3. The second-order valence-corrected chi connectivity index (χ2v) is 6.70. The Morgan fingerprint density at radius 2 is 1.82 bits per heavy atom. The third kappa shape index (κ3) is 4.85. The molecule has 2 aromatic carbocycles. The van der Waals surface area contributed by atoms with E-state index < -0.39 is 0 Å². The minimum Gasteiger partial charge on any atom is -0.351 e. The van der Waals surface area contributed by atoms with Crippen LogP contribution in [0.25, 0.3) is 0 Å². The topological polar surface area (TPSA) is 87.3 Å². The second-order valence-electron chi connectivity index (χ2n) is 6.70. The van der Waals surface area contributed by atoms with Crippen molar-refractivity contribution in [1.29, 1.82) is 0 Å². The minimum atomic E-state index is -0.327. The number of piperidine rings is 1. The molecule has 1 heterocycles. The highest BCUT2D eigenvalue weighted by molar-refractivity contribution is 5.99. The predicted octanol–water partition coefficient (Wildman–Crippen LogP) is 2.49. The van der Waals surface area contributed by atoms with Gasteiger partial charge >= 0.3 is 0 Å². The van der Waals surface area contributed by atoms with E-state index in [0.717, 1.165) is 5.56 Å². The number of nitrogens with one attached hydrogen (secondary N) is 3. The molecular weight excluding hydrogens is 354 g/mol. The number of amides is 3. The SMILES string of the molecule is C=CC(=O)Nc1ccccc1CC(=O)N[C@@H]1CCC(=O)N[C@H]1c1ccccc1. The molecule has 3 amide bonds. The van der Waals surface area contributed by atoms with Gasteiger partial charge in [0.2, 0.25) is 17.7 Å². The van der Waals surface area contributed by atoms with Crippen molar-refractivity contribution in [1.82, 2.24) is 10.6 Å². The lowest BCUT2D eigenvalue weighted by Gasteiger charge is -2.33. The number of anilines is 1. The molecule has 144 valence electrons. The van der Waals surface area contributed by atoms with E-state index in [-0.39, 0.29) is 36.2 Å². The van der Waals surface area contributed by atoms with Gasteiger partial charge < -0.3 is 16.0 Å². The van der Waals surface area contributed by atoms with Gasteiger partial charge in [-0.2, -0.15) is 0 Å². The Morgan fingerprint density at radius 1 is 1.11 bits per heavy atom. The van der Waals surface area contributed by atoms with Gasteiger partial charge in [-0.3, -0.25) is 14.4 Å². The molecule has 1 saturated heterocycles. The van der Waals surface area contributed by atoms with Crippen LogP contribution in [0.15, 0.2) is 67.3 Å². The summed E-state index contributed by atoms with van der Waals surface area (Å²) in [7, 11) is 0. The molecule has 0 saturated carbocycles. The molecule has 1 aliphatic heterocycles. The zero-order valence-corrected chi connectivity index (χ0v) is 15.5. The average Bonchev–Trinajstić information content (AvgIpc) is 2.71. The van der Waals surface area contributed by atoms with E-state index >= 15 is 0 Å². The Kier molecular flexibility index (Phi) is 6.22. The van der Waals surface area contributed by atoms with Crippen LogP contribution in [-0.4, -0.2) is 23.8 Å². The number of benzene rings is 2. The first-order valence-corrected chi connectivity index (χ1v) is 9.22. The van der Waals surface area contributed by atoms with E-state index in [1.807, 2.05) is 36.4 Å². The molecule has 2 aromatic rings. The number of hydrogen-bond donors (Lipinski definition) is 3. The van der Waals surface area contributed by atoms with Gasteiger partial charge in [0.15, 0.2) is 0 Å². The molecule has 0 bridgehead atoms. The predicted molar refractivity (Wildman–Crippen MR) is 107 cm³/mol. The molecule has 0 spiro atoms. The zero-order chi connectivity index (χ0) is 19.9. The molecule has 0 aliphatic carbocycles. The summed E-state index contributed by atoms with van der Waals surface area (Å²) in [6, 6.07) is 16.3. The summed E-state index contributed by atoms with van der Waals surface area (Å²) in [5.41, 5.74) is 2.25. The fourth-order valence-corrected chi connectivity index (χ4v) is 3.34. The summed E-state index contributed by atoms with van der Waals surface area (Å²) in [6.45, 7) is 3.44. The van der Waals surface area contributed by atoms with Gasteiger partial charge in [0.05, 0.1) is 18.5 Å². The number of hydrogen-bond acceptors (Lipinski definition) is 3. The lowest BCUT2D eigenvalue weighted by Crippen LogP contribution is -2.50. The Bertz CT molecular complexity index is 880. The molecule has 2 atom stereocenters. The van der Waals surface area contributed by atoms with Crippen LogP contribution in [0.3, 0.4) is 0 Å². The first kappa shape index (κ1) is 19.4. The van der Waals surface area contributed by atoms with Crippen LogP contribution in [0.5, 0.6) is 0 Å². The van der Waals surface area contributed by atoms with Crippen molar-refractivity contribution in [3.8, 4) is 0 Å². The highest BCUT2D eigenvalue weighted by Crippen LogP contribution is 2.24. The monoisotopic (exact) mass is 377 g/mol. The third-order valence-electron chi connectivity index (χ3n) is 4.72. The summed E-state index contributed by atoms with van der Waals surface area (Å²) in [5.74, 6) is -0.508. The highest BCUT2D eigenvalue weighted by atomic mass is 16.2. The van der Waals surface area contributed by atoms with Crippen LogP contribution in [0.4, 0.5) is 5.69 Å². The van der Waals surface area contributed by atoms with E-state index in [1.165, 1.54) is 6.08 Å². The molecule has 1 fully saturated rings. The first-order chi connectivity index (χ1) is 13.6. The lowest BCUT2D eigenvalue weighted by molar-refractivity contribution is -0.126. The van der Waals surface area contributed by atoms with Crippen molar-refractivity contribution in [3.05, 3.63) is 78.4 Å². The van der Waals surface area contributed by atoms with Crippen molar-refractivity contribution >= 4 is 23.4 Å². The third-order valence-corrected chi connectivity index (χ3v) is 4.72. The molecule has 6 nitrogen and oxygen atoms in total. The van der Waals surface area contributed by atoms with E-state index in [4.69, 9.17) is 0 Å². The lowest BCUT2D eigenvalue weighted by atomic mass is 9.91. The van der Waals surface area contributed by atoms with Gasteiger partial charge in [0.25, 0.3) is 0 Å². The van der Waals surface area contributed by atoms with E-state index in [1.54, 1.807) is 18.2 Å². The molecule has 1 aliphatic rings. The van der Waals surface area contributed by atoms with Crippen molar-refractivity contribution in [2.45, 2.75) is 31.3 Å². The maximum absolute atomic E-state index is 12.7. The van der Waals surface area contributed by atoms with Crippen molar-refractivity contribution < 1.29 is 14.4 Å². The Morgan fingerprint density at radius 3 is 2.57 bits per heavy atom. The van der Waals surface area contributed by atoms with Crippen molar-refractivity contribution in [2.75, 3.05) is 5.32 Å². The average molecular weight is 377 g/mol. The van der Waals surface area contributed by atoms with E-state index in [9.17, 15) is 14.4 Å². The molecule has 0 unspecified atom stereocenters. The van der Waals surface area contributed by atoms with Crippen LogP contribution >= 0.6 is 0 Å². The van der Waals surface area contributed by atoms with Gasteiger partial charge in [0.1, 0.15) is 0 Å². The summed E-state index contributed by atoms with van der Waals surface area (Å²) in [6.07, 6.45) is 2.26. The first-order valence-electron chi connectivity index (χ1n) is 9.22. The van der Waals surface area contributed by atoms with Crippen LogP contribution in [0.2, 0.25) is 0 Å². The molecule has 0 radical (unpaired) electrons. The van der Waals surface area contributed by atoms with Gasteiger partial charge in [-0.25, -0.2) is 0 Å². The largest absolute Gasteiger partial charge is 0.351 e. The van der Waals surface area contributed by atoms with Crippen molar-refractivity contribution in [3.63, 3.8) is 0 Å². The second kappa shape index (κ2) is 8.99. The quantitative estimate of drug-likeness (QED) is 0.676. The van der Waals surface area contributed by atoms with Gasteiger partial charge in [-0.1, -0.05) is 55.1 Å². The molecular formula is C22H23N3O3. The van der Waals surface area contributed by atoms with Crippen molar-refractivity contribution in [2.24, 2.45) is 0 Å². The zero-order valence-electron chi connectivity index (χ0n) is 15.5. The Labute approximate surface area is 164 Å². The van der Waals surface area contributed by atoms with E-state index in [0.29, 0.717) is 24.1 Å². The summed E-state index contributed by atoms with van der Waals surface area (Å²) < 4.78 is 0. The van der Waals surface area contributed by atoms with E-state index in [2.05, 4.69) is 22.5 Å². The Balaban J connectivity index is 1.71. The number of carbonyl (C=O) groups excluding carboxylic acids is 3. The fraction of sp³-hybridized carbons (Fsp3) is 0.227. The number of rotatable bonds is 6. The minimum absolute atomic E-state index is 0.0168.